The molecule has 3 heteroatoms. The molecule has 1 aliphatic carbocycles. The van der Waals surface area contributed by atoms with Crippen LogP contribution < -0.4 is 5.73 Å². The second-order valence-electron chi connectivity index (χ2n) is 6.10. The highest BCUT2D eigenvalue weighted by Crippen LogP contribution is 2.32. The first-order valence-corrected chi connectivity index (χ1v) is 8.19. The van der Waals surface area contributed by atoms with Gasteiger partial charge in [-0.05, 0) is 44.2 Å². The Hall–Kier alpha value is -1.37. The molecule has 0 bridgehead atoms. The first-order valence-electron chi connectivity index (χ1n) is 8.19. The molecule has 21 heavy (non-hydrogen) atoms. The zero-order valence-electron chi connectivity index (χ0n) is 13.0. The summed E-state index contributed by atoms with van der Waals surface area (Å²) in [7, 11) is 0. The van der Waals surface area contributed by atoms with E-state index in [0.717, 1.165) is 38.6 Å². The lowest BCUT2D eigenvalue weighted by molar-refractivity contribution is 0.100. The zero-order valence-corrected chi connectivity index (χ0v) is 13.0. The topological polar surface area (TPSA) is 53.0 Å². The second kappa shape index (κ2) is 8.17. The molecular weight excluding hydrogens is 258 g/mol. The third kappa shape index (κ3) is 4.30. The predicted octanol–water partition coefficient (Wildman–Crippen LogP) is 3.62. The summed E-state index contributed by atoms with van der Waals surface area (Å²) in [6.07, 6.45) is 6.23. The van der Waals surface area contributed by atoms with Crippen LogP contribution in [-0.4, -0.2) is 23.5 Å². The SMILES string of the molecule is CCCN(C1CCC(N)CC1)C(CC#N)c1ccccc1. The molecule has 0 heterocycles. The van der Waals surface area contributed by atoms with Crippen molar-refractivity contribution in [2.24, 2.45) is 5.73 Å². The number of hydrogen-bond acceptors (Lipinski definition) is 3. The summed E-state index contributed by atoms with van der Waals surface area (Å²) < 4.78 is 0. The lowest BCUT2D eigenvalue weighted by atomic mass is 9.88. The third-order valence-corrected chi connectivity index (χ3v) is 4.56. The van der Waals surface area contributed by atoms with Crippen LogP contribution >= 0.6 is 0 Å². The average molecular weight is 285 g/mol. The van der Waals surface area contributed by atoms with E-state index in [0.29, 0.717) is 18.5 Å². The highest BCUT2D eigenvalue weighted by molar-refractivity contribution is 5.20. The van der Waals surface area contributed by atoms with Crippen molar-refractivity contribution in [1.82, 2.24) is 4.90 Å². The van der Waals surface area contributed by atoms with Gasteiger partial charge < -0.3 is 5.73 Å². The van der Waals surface area contributed by atoms with E-state index in [1.807, 2.05) is 6.07 Å². The van der Waals surface area contributed by atoms with E-state index >= 15 is 0 Å². The van der Waals surface area contributed by atoms with Gasteiger partial charge in [-0.15, -0.1) is 0 Å². The Morgan fingerprint density at radius 3 is 2.48 bits per heavy atom. The minimum absolute atomic E-state index is 0.218. The largest absolute Gasteiger partial charge is 0.328 e. The smallest absolute Gasteiger partial charge is 0.0641 e. The lowest BCUT2D eigenvalue weighted by Crippen LogP contribution is -2.43. The molecule has 0 amide bonds. The van der Waals surface area contributed by atoms with E-state index in [1.54, 1.807) is 0 Å². The Balaban J connectivity index is 2.18. The minimum Gasteiger partial charge on any atom is -0.328 e. The first-order chi connectivity index (χ1) is 10.3. The van der Waals surface area contributed by atoms with Crippen LogP contribution in [0.1, 0.15) is 57.1 Å². The molecule has 0 saturated heterocycles. The van der Waals surface area contributed by atoms with Crippen LogP contribution in [0.3, 0.4) is 0 Å². The van der Waals surface area contributed by atoms with Crippen molar-refractivity contribution in [3.8, 4) is 6.07 Å². The van der Waals surface area contributed by atoms with Crippen molar-refractivity contribution in [3.05, 3.63) is 35.9 Å². The number of hydrogen-bond donors (Lipinski definition) is 1. The molecule has 1 unspecified atom stereocenters. The molecule has 0 spiro atoms. The fraction of sp³-hybridized carbons (Fsp3) is 0.611. The predicted molar refractivity (Wildman–Crippen MR) is 86.6 cm³/mol. The van der Waals surface area contributed by atoms with Gasteiger partial charge in [0.2, 0.25) is 0 Å². The molecule has 0 radical (unpaired) electrons. The maximum Gasteiger partial charge on any atom is 0.0641 e. The Kier molecular flexibility index (Phi) is 6.22. The monoisotopic (exact) mass is 285 g/mol. The van der Waals surface area contributed by atoms with Crippen LogP contribution in [0.5, 0.6) is 0 Å². The molecule has 1 saturated carbocycles. The van der Waals surface area contributed by atoms with Crippen molar-refractivity contribution in [2.75, 3.05) is 6.54 Å². The molecular formula is C18H27N3. The molecule has 0 aliphatic heterocycles. The number of nitrogens with zero attached hydrogens (tertiary/aromatic N) is 2. The average Bonchev–Trinajstić information content (AvgIpc) is 2.53. The van der Waals surface area contributed by atoms with Crippen LogP contribution in [0.25, 0.3) is 0 Å². The van der Waals surface area contributed by atoms with Crippen LogP contribution in [0.15, 0.2) is 30.3 Å². The molecule has 114 valence electrons. The van der Waals surface area contributed by atoms with Gasteiger partial charge in [0.05, 0.1) is 12.5 Å². The van der Waals surface area contributed by atoms with Gasteiger partial charge in [0, 0.05) is 18.1 Å². The molecule has 1 aliphatic rings. The van der Waals surface area contributed by atoms with Crippen molar-refractivity contribution in [3.63, 3.8) is 0 Å². The Morgan fingerprint density at radius 2 is 1.90 bits per heavy atom. The third-order valence-electron chi connectivity index (χ3n) is 4.56. The summed E-state index contributed by atoms with van der Waals surface area (Å²) in [5, 5.41) is 9.26. The number of nitriles is 1. The number of benzene rings is 1. The zero-order chi connectivity index (χ0) is 15.1. The standard InChI is InChI=1S/C18H27N3/c1-2-14-21(17-10-8-16(20)9-11-17)18(12-13-19)15-6-4-3-5-7-15/h3-7,16-18H,2,8-12,14,20H2,1H3. The van der Waals surface area contributed by atoms with Crippen molar-refractivity contribution >= 4 is 0 Å². The summed E-state index contributed by atoms with van der Waals surface area (Å²) in [6, 6.07) is 14.0. The fourth-order valence-corrected chi connectivity index (χ4v) is 3.47. The maximum atomic E-state index is 9.26. The summed E-state index contributed by atoms with van der Waals surface area (Å²) in [4.78, 5) is 2.56. The number of rotatable bonds is 6. The Bertz CT molecular complexity index is 443. The molecule has 3 nitrogen and oxygen atoms in total. The highest BCUT2D eigenvalue weighted by Gasteiger charge is 2.29. The lowest BCUT2D eigenvalue weighted by Gasteiger charge is -2.40. The van der Waals surface area contributed by atoms with E-state index in [1.165, 1.54) is 5.56 Å². The molecule has 2 N–H and O–H groups in total. The van der Waals surface area contributed by atoms with Gasteiger partial charge in [-0.1, -0.05) is 37.3 Å². The molecule has 0 aromatic heterocycles. The maximum absolute atomic E-state index is 9.26. The van der Waals surface area contributed by atoms with Gasteiger partial charge in [0.15, 0.2) is 0 Å². The van der Waals surface area contributed by atoms with E-state index < -0.39 is 0 Å². The van der Waals surface area contributed by atoms with Gasteiger partial charge in [-0.3, -0.25) is 4.90 Å². The van der Waals surface area contributed by atoms with Gasteiger partial charge in [-0.25, -0.2) is 0 Å². The van der Waals surface area contributed by atoms with Crippen molar-refractivity contribution < 1.29 is 0 Å². The van der Waals surface area contributed by atoms with Gasteiger partial charge >= 0.3 is 0 Å². The second-order valence-corrected chi connectivity index (χ2v) is 6.10. The van der Waals surface area contributed by atoms with E-state index in [9.17, 15) is 5.26 Å². The molecule has 1 aromatic carbocycles. The Labute approximate surface area is 128 Å². The van der Waals surface area contributed by atoms with Crippen molar-refractivity contribution in [1.29, 1.82) is 5.26 Å². The Morgan fingerprint density at radius 1 is 1.24 bits per heavy atom. The molecule has 1 fully saturated rings. The molecule has 1 atom stereocenters. The van der Waals surface area contributed by atoms with Gasteiger partial charge in [-0.2, -0.15) is 5.26 Å². The summed E-state index contributed by atoms with van der Waals surface area (Å²) in [5.41, 5.74) is 7.31. The quantitative estimate of drug-likeness (QED) is 0.868. The van der Waals surface area contributed by atoms with Gasteiger partial charge in [0.25, 0.3) is 0 Å². The van der Waals surface area contributed by atoms with Gasteiger partial charge in [0.1, 0.15) is 0 Å². The summed E-state index contributed by atoms with van der Waals surface area (Å²) >= 11 is 0. The van der Waals surface area contributed by atoms with E-state index in [2.05, 4.69) is 42.2 Å². The number of nitrogens with two attached hydrogens (primary N) is 1. The summed E-state index contributed by atoms with van der Waals surface area (Å²) in [6.45, 7) is 3.27. The first kappa shape index (κ1) is 16.0. The van der Waals surface area contributed by atoms with Crippen LogP contribution in [0.2, 0.25) is 0 Å². The van der Waals surface area contributed by atoms with E-state index in [-0.39, 0.29) is 6.04 Å². The van der Waals surface area contributed by atoms with Crippen LogP contribution in [0.4, 0.5) is 0 Å². The fourth-order valence-electron chi connectivity index (χ4n) is 3.47. The normalized spacial score (nSPS) is 23.7. The highest BCUT2D eigenvalue weighted by atomic mass is 15.2. The molecule has 1 aromatic rings. The van der Waals surface area contributed by atoms with Crippen LogP contribution in [-0.2, 0) is 0 Å². The summed E-state index contributed by atoms with van der Waals surface area (Å²) in [5.74, 6) is 0. The van der Waals surface area contributed by atoms with Crippen LogP contribution in [0, 0.1) is 11.3 Å². The van der Waals surface area contributed by atoms with E-state index in [4.69, 9.17) is 5.73 Å². The van der Waals surface area contributed by atoms with Crippen molar-refractivity contribution in [2.45, 2.75) is 63.6 Å². The molecule has 2 rings (SSSR count). The minimum atomic E-state index is 0.218.